The van der Waals surface area contributed by atoms with Crippen molar-refractivity contribution in [1.82, 2.24) is 39.0 Å². The summed E-state index contributed by atoms with van der Waals surface area (Å²) >= 11 is 5.25. The molecular formula is C21H25N10O10PS. The number of aliphatic hydroxyl groups excluding tert-OH is 3. The number of aromatic nitrogens is 8. The molecule has 7 heterocycles. The molecule has 3 aliphatic rings. The monoisotopic (exact) mass is 640 g/mol. The van der Waals surface area contributed by atoms with Gasteiger partial charge in [-0.05, 0) is 11.8 Å². The summed E-state index contributed by atoms with van der Waals surface area (Å²) in [6.07, 6.45) is -4.35. The number of nitrogen functional groups attached to an aromatic ring is 2. The maximum absolute atomic E-state index is 12.3. The highest BCUT2D eigenvalue weighted by Crippen LogP contribution is 2.53. The lowest BCUT2D eigenvalue weighted by atomic mass is 10.0. The third-order valence-electron chi connectivity index (χ3n) is 7.61. The van der Waals surface area contributed by atoms with Crippen LogP contribution in [0.2, 0.25) is 0 Å². The molecule has 0 aromatic carbocycles. The Kier molecular flexibility index (Phi) is 6.76. The SMILES string of the molecule is Nc1nc2c(ncn2[C@@H]2O[C@H](CO)C(O)C2OP(O)(=S)OC[C@]23COC(C2O)[C@H](n2cnc4c(N)ncnc42)O3)c(=O)[nH]1. The van der Waals surface area contributed by atoms with E-state index < -0.39 is 74.1 Å². The number of aliphatic hydroxyl groups is 3. The summed E-state index contributed by atoms with van der Waals surface area (Å²) in [5.41, 5.74) is 10.1. The van der Waals surface area contributed by atoms with Gasteiger partial charge in [-0.2, -0.15) is 4.98 Å². The molecule has 3 fully saturated rings. The summed E-state index contributed by atoms with van der Waals surface area (Å²) < 4.78 is 31.9. The molecular weight excluding hydrogens is 615 g/mol. The van der Waals surface area contributed by atoms with Crippen LogP contribution in [0.3, 0.4) is 0 Å². The highest BCUT2D eigenvalue weighted by atomic mass is 32.5. The van der Waals surface area contributed by atoms with E-state index in [-0.39, 0.29) is 29.5 Å². The van der Waals surface area contributed by atoms with E-state index in [1.165, 1.54) is 23.5 Å². The number of hydrogen-bond donors (Lipinski definition) is 7. The molecule has 9 N–H and O–H groups in total. The molecule has 9 atom stereocenters. The van der Waals surface area contributed by atoms with Crippen LogP contribution in [-0.4, -0.2) is 115 Å². The Labute approximate surface area is 244 Å². The van der Waals surface area contributed by atoms with Gasteiger partial charge < -0.3 is 50.4 Å². The lowest BCUT2D eigenvalue weighted by molar-refractivity contribution is -0.183. The van der Waals surface area contributed by atoms with E-state index in [4.69, 9.17) is 46.5 Å². The van der Waals surface area contributed by atoms with Gasteiger partial charge in [-0.3, -0.25) is 23.4 Å². The van der Waals surface area contributed by atoms with Crippen LogP contribution in [-0.2, 0) is 35.1 Å². The molecule has 3 aliphatic heterocycles. The zero-order valence-corrected chi connectivity index (χ0v) is 23.5. The Bertz CT molecular complexity index is 1820. The molecule has 5 unspecified atom stereocenters. The van der Waals surface area contributed by atoms with Crippen molar-refractivity contribution >= 4 is 52.6 Å². The number of anilines is 2. The standard InChI is InChI=1S/C21H25N10O10PS/c22-14-8-15(25-4-24-14)30(5-26-8)19-12-13(34)21(40-19,2-37-12)3-38-42(36,43)41-11-10(33)7(1-32)39-18(11)31-6-27-9-16(31)28-20(23)29-17(9)35/h4-7,10-13,18-19,32-34H,1-3H2,(H,36,43)(H2,22,24,25)(H3,23,28,29,35)/t7-,10?,11?,12?,13?,18-,19-,21-,42?/m1/s1. The van der Waals surface area contributed by atoms with Gasteiger partial charge in [0.1, 0.15) is 48.0 Å². The fraction of sp³-hybridized carbons (Fsp3) is 0.524. The first-order chi connectivity index (χ1) is 20.5. The van der Waals surface area contributed by atoms with Crippen molar-refractivity contribution in [3.63, 3.8) is 0 Å². The van der Waals surface area contributed by atoms with Gasteiger partial charge >= 0.3 is 6.72 Å². The van der Waals surface area contributed by atoms with Gasteiger partial charge in [0.25, 0.3) is 5.56 Å². The van der Waals surface area contributed by atoms with Crippen LogP contribution in [0, 0.1) is 0 Å². The molecule has 0 amide bonds. The van der Waals surface area contributed by atoms with Crippen LogP contribution < -0.4 is 17.0 Å². The smallest absolute Gasteiger partial charge is 0.325 e. The van der Waals surface area contributed by atoms with Crippen molar-refractivity contribution in [2.24, 2.45) is 0 Å². The van der Waals surface area contributed by atoms with Gasteiger partial charge in [-0.15, -0.1) is 0 Å². The van der Waals surface area contributed by atoms with Gasteiger partial charge in [-0.1, -0.05) is 0 Å². The van der Waals surface area contributed by atoms with Gasteiger partial charge in [0.2, 0.25) is 5.95 Å². The van der Waals surface area contributed by atoms with E-state index in [9.17, 15) is 25.0 Å². The Morgan fingerprint density at radius 2 is 1.88 bits per heavy atom. The van der Waals surface area contributed by atoms with Crippen LogP contribution in [0.4, 0.5) is 11.8 Å². The van der Waals surface area contributed by atoms with E-state index in [2.05, 4.69) is 29.9 Å². The number of aromatic amines is 1. The van der Waals surface area contributed by atoms with Gasteiger partial charge in [-0.25, -0.2) is 19.9 Å². The van der Waals surface area contributed by atoms with Crippen molar-refractivity contribution in [2.75, 3.05) is 31.3 Å². The third kappa shape index (κ3) is 4.52. The van der Waals surface area contributed by atoms with E-state index >= 15 is 0 Å². The topological polar surface area (TPSA) is 286 Å². The number of fused-ring (bicyclic) bond motifs is 4. The van der Waals surface area contributed by atoms with Crippen LogP contribution in [0.25, 0.3) is 22.3 Å². The maximum atomic E-state index is 12.3. The van der Waals surface area contributed by atoms with Crippen molar-refractivity contribution in [2.45, 2.75) is 48.6 Å². The minimum Gasteiger partial charge on any atom is -0.394 e. The van der Waals surface area contributed by atoms with Crippen LogP contribution >= 0.6 is 6.72 Å². The highest BCUT2D eigenvalue weighted by Gasteiger charge is 2.62. The molecule has 43 heavy (non-hydrogen) atoms. The predicted octanol–water partition coefficient (Wildman–Crippen LogP) is -2.98. The van der Waals surface area contributed by atoms with E-state index in [0.29, 0.717) is 11.2 Å². The number of hydrogen-bond acceptors (Lipinski definition) is 17. The van der Waals surface area contributed by atoms with Crippen LogP contribution in [0.15, 0.2) is 23.8 Å². The minimum absolute atomic E-state index is 0.00147. The van der Waals surface area contributed by atoms with Crippen molar-refractivity contribution < 1.29 is 43.5 Å². The summed E-state index contributed by atoms with van der Waals surface area (Å²) in [6.45, 7) is -5.38. The van der Waals surface area contributed by atoms with Gasteiger partial charge in [0, 0.05) is 0 Å². The second-order valence-corrected chi connectivity index (χ2v) is 13.0. The molecule has 0 aliphatic carbocycles. The van der Waals surface area contributed by atoms with Gasteiger partial charge in [0.05, 0.1) is 32.5 Å². The molecule has 3 saturated heterocycles. The number of nitrogens with one attached hydrogen (secondary N) is 1. The number of rotatable bonds is 8. The Morgan fingerprint density at radius 3 is 2.65 bits per heavy atom. The second-order valence-electron chi connectivity index (χ2n) is 10.2. The van der Waals surface area contributed by atoms with Crippen LogP contribution in [0.5, 0.6) is 0 Å². The van der Waals surface area contributed by atoms with Crippen molar-refractivity contribution in [1.29, 1.82) is 0 Å². The average molecular weight is 641 g/mol. The Balaban J connectivity index is 1.11. The molecule has 0 spiro atoms. The normalized spacial score (nSPS) is 33.5. The lowest BCUT2D eigenvalue weighted by Crippen LogP contribution is -2.45. The molecule has 4 aromatic rings. The first-order valence-electron chi connectivity index (χ1n) is 12.7. The first-order valence-corrected chi connectivity index (χ1v) is 15.3. The number of H-pyrrole nitrogens is 1. The summed E-state index contributed by atoms with van der Waals surface area (Å²) in [7, 11) is 0. The fourth-order valence-electron chi connectivity index (χ4n) is 5.51. The number of ether oxygens (including phenoxy) is 3. The van der Waals surface area contributed by atoms with Gasteiger partial charge in [0.15, 0.2) is 35.1 Å². The Morgan fingerprint density at radius 1 is 1.14 bits per heavy atom. The van der Waals surface area contributed by atoms with E-state index in [1.807, 2.05) is 0 Å². The first kappa shape index (κ1) is 28.6. The largest absolute Gasteiger partial charge is 0.394 e. The molecule has 0 saturated carbocycles. The van der Waals surface area contributed by atoms with Crippen molar-refractivity contribution in [3.05, 3.63) is 29.3 Å². The molecule has 0 radical (unpaired) electrons. The zero-order valence-electron chi connectivity index (χ0n) is 21.8. The molecule has 2 bridgehead atoms. The highest BCUT2D eigenvalue weighted by molar-refractivity contribution is 8.07. The van der Waals surface area contributed by atoms with E-state index in [0.717, 1.165) is 0 Å². The average Bonchev–Trinajstić information content (AvgIpc) is 3.77. The quantitative estimate of drug-likeness (QED) is 0.0945. The number of imidazole rings is 2. The third-order valence-corrected chi connectivity index (χ3v) is 9.15. The summed E-state index contributed by atoms with van der Waals surface area (Å²) in [5, 5.41) is 31.7. The molecule has 230 valence electrons. The number of nitrogens with two attached hydrogens (primary N) is 2. The molecule has 7 rings (SSSR count). The summed E-state index contributed by atoms with van der Waals surface area (Å²) in [6, 6.07) is 0. The van der Waals surface area contributed by atoms with E-state index in [1.54, 1.807) is 4.57 Å². The summed E-state index contributed by atoms with van der Waals surface area (Å²) in [4.78, 5) is 46.1. The molecule has 22 heteroatoms. The lowest BCUT2D eigenvalue weighted by Gasteiger charge is -2.32. The fourth-order valence-corrected chi connectivity index (χ4v) is 6.94. The Hall–Kier alpha value is -3.21. The number of nitrogens with zero attached hydrogens (tertiary/aromatic N) is 7. The molecule has 20 nitrogen and oxygen atoms in total. The van der Waals surface area contributed by atoms with Crippen LogP contribution in [0.1, 0.15) is 12.5 Å². The zero-order chi connectivity index (χ0) is 30.3. The van der Waals surface area contributed by atoms with Crippen molar-refractivity contribution in [3.8, 4) is 0 Å². The second kappa shape index (κ2) is 10.2. The summed E-state index contributed by atoms with van der Waals surface area (Å²) in [5.74, 6) is -0.0342. The maximum Gasteiger partial charge on any atom is 0.325 e. The molecule has 4 aromatic heterocycles. The minimum atomic E-state index is -4.21. The predicted molar refractivity (Wildman–Crippen MR) is 145 cm³/mol.